The van der Waals surface area contributed by atoms with Crippen LogP contribution in [0.4, 0.5) is 16.0 Å². The normalized spacial score (nSPS) is 10.9. The third kappa shape index (κ3) is 4.62. The van der Waals surface area contributed by atoms with E-state index in [0.29, 0.717) is 29.1 Å². The Morgan fingerprint density at radius 1 is 0.972 bits per heavy atom. The number of benzene rings is 3. The first-order chi connectivity index (χ1) is 17.4. The summed E-state index contributed by atoms with van der Waals surface area (Å²) >= 11 is 0. The van der Waals surface area contributed by atoms with Gasteiger partial charge in [0.15, 0.2) is 5.82 Å². The van der Waals surface area contributed by atoms with Crippen LogP contribution in [-0.4, -0.2) is 14.5 Å². The average Bonchev–Trinajstić information content (AvgIpc) is 3.17. The minimum Gasteiger partial charge on any atom is -0.436 e. The molecular formula is C29H24FN5O. The van der Waals surface area contributed by atoms with Crippen LogP contribution in [0.5, 0.6) is 11.6 Å². The molecule has 5 aromatic rings. The number of hydrogen-bond acceptors (Lipinski definition) is 5. The standard InChI is InChI=1S/C29H24FN5O/c1-18-13-19(2)27(20(3)14-18)36-28-26-25(24(30)17-35(26)16-22-7-5-4-6-8-22)33-29(34-28)32-23-11-9-21(15-31)10-12-23/h4-14,17H,16H2,1-3H3,(H,32,33,34). The summed E-state index contributed by atoms with van der Waals surface area (Å²) in [5.74, 6) is 0.665. The van der Waals surface area contributed by atoms with Gasteiger partial charge < -0.3 is 14.6 Å². The Morgan fingerprint density at radius 3 is 2.33 bits per heavy atom. The zero-order valence-corrected chi connectivity index (χ0v) is 20.2. The van der Waals surface area contributed by atoms with Gasteiger partial charge in [-0.1, -0.05) is 48.0 Å². The third-order valence-electron chi connectivity index (χ3n) is 5.90. The van der Waals surface area contributed by atoms with Crippen molar-refractivity contribution in [2.24, 2.45) is 0 Å². The maximum atomic E-state index is 15.2. The number of aryl methyl sites for hydroxylation is 3. The predicted molar refractivity (Wildman–Crippen MR) is 138 cm³/mol. The fraction of sp³-hybridized carbons (Fsp3) is 0.138. The van der Waals surface area contributed by atoms with E-state index in [1.54, 1.807) is 28.8 Å². The first-order valence-electron chi connectivity index (χ1n) is 11.5. The quantitative estimate of drug-likeness (QED) is 0.286. The molecule has 6 nitrogen and oxygen atoms in total. The van der Waals surface area contributed by atoms with Crippen molar-refractivity contribution in [1.29, 1.82) is 5.26 Å². The number of fused-ring (bicyclic) bond motifs is 1. The Bertz CT molecular complexity index is 1580. The van der Waals surface area contributed by atoms with Crippen LogP contribution in [0, 0.1) is 37.9 Å². The second-order valence-electron chi connectivity index (χ2n) is 8.78. The van der Waals surface area contributed by atoms with E-state index >= 15 is 4.39 Å². The summed E-state index contributed by atoms with van der Waals surface area (Å²) in [7, 11) is 0. The van der Waals surface area contributed by atoms with Crippen molar-refractivity contribution in [3.63, 3.8) is 0 Å². The molecule has 2 aromatic heterocycles. The summed E-state index contributed by atoms with van der Waals surface area (Å²) in [6, 6.07) is 22.9. The van der Waals surface area contributed by atoms with Gasteiger partial charge in [-0.2, -0.15) is 10.2 Å². The van der Waals surface area contributed by atoms with E-state index in [1.165, 1.54) is 6.20 Å². The molecule has 0 amide bonds. The van der Waals surface area contributed by atoms with Crippen molar-refractivity contribution in [3.05, 3.63) is 107 Å². The molecule has 0 unspecified atom stereocenters. The monoisotopic (exact) mass is 477 g/mol. The molecule has 0 atom stereocenters. The lowest BCUT2D eigenvalue weighted by Gasteiger charge is -2.15. The molecule has 7 heteroatoms. The van der Waals surface area contributed by atoms with Gasteiger partial charge in [-0.25, -0.2) is 9.37 Å². The van der Waals surface area contributed by atoms with E-state index in [4.69, 9.17) is 10.00 Å². The molecular weight excluding hydrogens is 453 g/mol. The van der Waals surface area contributed by atoms with Gasteiger partial charge in [0.1, 0.15) is 16.8 Å². The van der Waals surface area contributed by atoms with Crippen molar-refractivity contribution in [1.82, 2.24) is 14.5 Å². The molecule has 0 bridgehead atoms. The highest BCUT2D eigenvalue weighted by Crippen LogP contribution is 2.35. The molecule has 1 N–H and O–H groups in total. The molecule has 36 heavy (non-hydrogen) atoms. The number of nitriles is 1. The summed E-state index contributed by atoms with van der Waals surface area (Å²) in [6.07, 6.45) is 1.43. The molecule has 0 aliphatic rings. The van der Waals surface area contributed by atoms with Gasteiger partial charge >= 0.3 is 0 Å². The summed E-state index contributed by atoms with van der Waals surface area (Å²) in [5.41, 5.74) is 5.91. The molecule has 2 heterocycles. The van der Waals surface area contributed by atoms with E-state index in [2.05, 4.69) is 21.4 Å². The van der Waals surface area contributed by atoms with E-state index in [9.17, 15) is 0 Å². The maximum absolute atomic E-state index is 15.2. The van der Waals surface area contributed by atoms with Crippen LogP contribution < -0.4 is 10.1 Å². The molecule has 5 rings (SSSR count). The summed E-state index contributed by atoms with van der Waals surface area (Å²) < 4.78 is 23.4. The topological polar surface area (TPSA) is 75.8 Å². The second kappa shape index (κ2) is 9.51. The lowest BCUT2D eigenvalue weighted by molar-refractivity contribution is 0.459. The number of hydrogen-bond donors (Lipinski definition) is 1. The van der Waals surface area contributed by atoms with Gasteiger partial charge in [-0.05, 0) is 61.7 Å². The Morgan fingerprint density at radius 2 is 1.67 bits per heavy atom. The lowest BCUT2D eigenvalue weighted by Crippen LogP contribution is -2.04. The van der Waals surface area contributed by atoms with Gasteiger partial charge in [-0.3, -0.25) is 0 Å². The van der Waals surface area contributed by atoms with Crippen molar-refractivity contribution in [3.8, 4) is 17.7 Å². The van der Waals surface area contributed by atoms with E-state index in [1.807, 2.05) is 63.2 Å². The highest BCUT2D eigenvalue weighted by atomic mass is 19.1. The maximum Gasteiger partial charge on any atom is 0.249 e. The van der Waals surface area contributed by atoms with Gasteiger partial charge in [0.05, 0.1) is 11.6 Å². The number of anilines is 2. The molecule has 0 saturated carbocycles. The number of aromatic nitrogens is 3. The van der Waals surface area contributed by atoms with Crippen molar-refractivity contribution in [2.45, 2.75) is 27.3 Å². The molecule has 0 saturated heterocycles. The van der Waals surface area contributed by atoms with E-state index in [-0.39, 0.29) is 17.3 Å². The summed E-state index contributed by atoms with van der Waals surface area (Å²) in [5, 5.41) is 12.2. The average molecular weight is 478 g/mol. The minimum absolute atomic E-state index is 0.162. The van der Waals surface area contributed by atoms with Crippen LogP contribution in [0.1, 0.15) is 27.8 Å². The first kappa shape index (κ1) is 23.1. The smallest absolute Gasteiger partial charge is 0.249 e. The zero-order valence-electron chi connectivity index (χ0n) is 20.2. The van der Waals surface area contributed by atoms with Crippen LogP contribution in [0.3, 0.4) is 0 Å². The van der Waals surface area contributed by atoms with Crippen molar-refractivity contribution < 1.29 is 9.13 Å². The first-order valence-corrected chi connectivity index (χ1v) is 11.5. The molecule has 0 aliphatic heterocycles. The van der Waals surface area contributed by atoms with Crippen LogP contribution in [0.15, 0.2) is 72.9 Å². The van der Waals surface area contributed by atoms with E-state index < -0.39 is 5.82 Å². The number of rotatable bonds is 6. The van der Waals surface area contributed by atoms with Gasteiger partial charge in [0.25, 0.3) is 0 Å². The lowest BCUT2D eigenvalue weighted by atomic mass is 10.1. The SMILES string of the molecule is Cc1cc(C)c(Oc2nc(Nc3ccc(C#N)cc3)nc3c(F)cn(Cc4ccccc4)c23)c(C)c1. The van der Waals surface area contributed by atoms with Crippen molar-refractivity contribution in [2.75, 3.05) is 5.32 Å². The van der Waals surface area contributed by atoms with Crippen LogP contribution in [0.25, 0.3) is 11.0 Å². The third-order valence-corrected chi connectivity index (χ3v) is 5.90. The Balaban J connectivity index is 1.64. The largest absolute Gasteiger partial charge is 0.436 e. The summed E-state index contributed by atoms with van der Waals surface area (Å²) in [4.78, 5) is 9.13. The van der Waals surface area contributed by atoms with Gasteiger partial charge in [-0.15, -0.1) is 0 Å². The fourth-order valence-electron chi connectivity index (χ4n) is 4.34. The Kier molecular flexibility index (Phi) is 6.09. The highest BCUT2D eigenvalue weighted by Gasteiger charge is 2.21. The number of nitrogens with one attached hydrogen (secondary N) is 1. The molecule has 0 radical (unpaired) electrons. The molecule has 0 aliphatic carbocycles. The minimum atomic E-state index is -0.464. The number of nitrogens with zero attached hydrogens (tertiary/aromatic N) is 4. The predicted octanol–water partition coefficient (Wildman–Crippen LogP) is 6.95. The summed E-state index contributed by atoms with van der Waals surface area (Å²) in [6.45, 7) is 6.43. The molecule has 178 valence electrons. The van der Waals surface area contributed by atoms with Crippen LogP contribution in [-0.2, 0) is 6.54 Å². The Hall–Kier alpha value is -4.70. The number of halogens is 1. The van der Waals surface area contributed by atoms with Crippen LogP contribution in [0.2, 0.25) is 0 Å². The molecule has 0 fully saturated rings. The fourth-order valence-corrected chi connectivity index (χ4v) is 4.34. The van der Waals surface area contributed by atoms with Gasteiger partial charge in [0.2, 0.25) is 11.8 Å². The van der Waals surface area contributed by atoms with Crippen molar-refractivity contribution >= 4 is 22.7 Å². The Labute approximate surface area is 208 Å². The molecule has 3 aromatic carbocycles. The van der Waals surface area contributed by atoms with Gasteiger partial charge in [0, 0.05) is 18.4 Å². The van der Waals surface area contributed by atoms with E-state index in [0.717, 1.165) is 22.3 Å². The molecule has 0 spiro atoms. The van der Waals surface area contributed by atoms with Crippen LogP contribution >= 0.6 is 0 Å². The zero-order chi connectivity index (χ0) is 25.2. The second-order valence-corrected chi connectivity index (χ2v) is 8.78. The number of ether oxygens (including phenoxy) is 1. The highest BCUT2D eigenvalue weighted by molar-refractivity contribution is 5.83.